The number of carbonyl (C=O) groups excluding carboxylic acids is 1. The van der Waals surface area contributed by atoms with E-state index in [-0.39, 0.29) is 0 Å². The van der Waals surface area contributed by atoms with Crippen LogP contribution in [0.15, 0.2) is 0 Å². The van der Waals surface area contributed by atoms with Crippen LogP contribution in [-0.4, -0.2) is 28.6 Å². The van der Waals surface area contributed by atoms with Gasteiger partial charge in [0.15, 0.2) is 0 Å². The maximum absolute atomic E-state index is 10.3. The molecule has 1 atom stereocenters. The van der Waals surface area contributed by atoms with E-state index in [0.717, 1.165) is 17.9 Å². The summed E-state index contributed by atoms with van der Waals surface area (Å²) in [7, 11) is 0. The van der Waals surface area contributed by atoms with Gasteiger partial charge in [-0.2, -0.15) is 11.8 Å². The monoisotopic (exact) mass is 177 g/mol. The molecule has 66 valence electrons. The number of thioether (sulfide) groups is 1. The Morgan fingerprint density at radius 3 is 2.82 bits per heavy atom. The average molecular weight is 177 g/mol. The van der Waals surface area contributed by atoms with Crippen molar-refractivity contribution in [1.82, 2.24) is 0 Å². The van der Waals surface area contributed by atoms with Crippen LogP contribution in [0.25, 0.3) is 0 Å². The molecule has 0 aliphatic heterocycles. The van der Waals surface area contributed by atoms with Gasteiger partial charge in [0.25, 0.3) is 0 Å². The summed E-state index contributed by atoms with van der Waals surface area (Å²) in [4.78, 5) is 10.3. The Kier molecular flexibility index (Phi) is 6.36. The first-order chi connectivity index (χ1) is 5.18. The first kappa shape index (κ1) is 10.8. The lowest BCUT2D eigenvalue weighted by Gasteiger charge is -2.04. The molecule has 0 aliphatic rings. The van der Waals surface area contributed by atoms with Gasteiger partial charge in [-0.3, -0.25) is 4.79 Å². The zero-order valence-electron chi connectivity index (χ0n) is 6.75. The molecule has 0 fully saturated rings. The van der Waals surface area contributed by atoms with Gasteiger partial charge in [-0.05, 0) is 24.3 Å². The minimum atomic E-state index is -0.951. The fourth-order valence-corrected chi connectivity index (χ4v) is 1.32. The van der Waals surface area contributed by atoms with Gasteiger partial charge in [0, 0.05) is 0 Å². The van der Waals surface area contributed by atoms with E-state index in [2.05, 4.69) is 6.92 Å². The molecule has 0 radical (unpaired) electrons. The molecule has 1 amide bonds. The quantitative estimate of drug-likeness (QED) is 0.576. The zero-order chi connectivity index (χ0) is 8.69. The molecular weight excluding hydrogens is 162 g/mol. The molecule has 0 bridgehead atoms. The van der Waals surface area contributed by atoms with Gasteiger partial charge in [0.1, 0.15) is 6.10 Å². The lowest BCUT2D eigenvalue weighted by molar-refractivity contribution is -0.126. The molecule has 0 saturated carbocycles. The second kappa shape index (κ2) is 6.49. The predicted octanol–water partition coefficient (Wildman–Crippen LogP) is 0.366. The van der Waals surface area contributed by atoms with Gasteiger partial charge in [-0.25, -0.2) is 0 Å². The Bertz CT molecular complexity index is 119. The molecular formula is C7H15NO2S. The van der Waals surface area contributed by atoms with Crippen molar-refractivity contribution in [2.75, 3.05) is 11.5 Å². The van der Waals surface area contributed by atoms with Gasteiger partial charge >= 0.3 is 0 Å². The Balaban J connectivity index is 3.17. The maximum Gasteiger partial charge on any atom is 0.246 e. The fraction of sp³-hybridized carbons (Fsp3) is 0.857. The van der Waals surface area contributed by atoms with Gasteiger partial charge in [-0.15, -0.1) is 0 Å². The highest BCUT2D eigenvalue weighted by Gasteiger charge is 2.08. The van der Waals surface area contributed by atoms with Crippen LogP contribution in [-0.2, 0) is 4.79 Å². The average Bonchev–Trinajstić information content (AvgIpc) is 1.97. The molecule has 0 aromatic heterocycles. The first-order valence-electron chi connectivity index (χ1n) is 3.73. The van der Waals surface area contributed by atoms with Crippen molar-refractivity contribution in [3.05, 3.63) is 0 Å². The third kappa shape index (κ3) is 6.19. The summed E-state index contributed by atoms with van der Waals surface area (Å²) in [6, 6.07) is 0. The molecule has 3 N–H and O–H groups in total. The normalized spacial score (nSPS) is 12.9. The molecule has 3 nitrogen and oxygen atoms in total. The molecule has 0 saturated heterocycles. The lowest BCUT2D eigenvalue weighted by atomic mass is 10.2. The number of aliphatic hydroxyl groups excluding tert-OH is 1. The molecule has 0 aromatic carbocycles. The molecule has 0 rings (SSSR count). The summed E-state index contributed by atoms with van der Waals surface area (Å²) in [6.07, 6.45) is 0.387. The highest BCUT2D eigenvalue weighted by molar-refractivity contribution is 7.99. The topological polar surface area (TPSA) is 63.3 Å². The Morgan fingerprint density at radius 2 is 2.36 bits per heavy atom. The van der Waals surface area contributed by atoms with Crippen molar-refractivity contribution >= 4 is 17.7 Å². The van der Waals surface area contributed by atoms with E-state index < -0.39 is 12.0 Å². The molecule has 11 heavy (non-hydrogen) atoms. The van der Waals surface area contributed by atoms with Gasteiger partial charge < -0.3 is 10.8 Å². The van der Waals surface area contributed by atoms with E-state index in [4.69, 9.17) is 10.8 Å². The summed E-state index contributed by atoms with van der Waals surface area (Å²) in [5, 5.41) is 8.94. The van der Waals surface area contributed by atoms with Crippen molar-refractivity contribution in [2.24, 2.45) is 5.73 Å². The lowest BCUT2D eigenvalue weighted by Crippen LogP contribution is -2.28. The van der Waals surface area contributed by atoms with E-state index in [1.807, 2.05) is 0 Å². The maximum atomic E-state index is 10.3. The van der Waals surface area contributed by atoms with E-state index in [0.29, 0.717) is 6.42 Å². The van der Waals surface area contributed by atoms with Crippen LogP contribution in [0.2, 0.25) is 0 Å². The zero-order valence-corrected chi connectivity index (χ0v) is 7.56. The number of amides is 1. The van der Waals surface area contributed by atoms with Crippen LogP contribution in [0, 0.1) is 0 Å². The van der Waals surface area contributed by atoms with Gasteiger partial charge in [0.2, 0.25) is 5.91 Å². The number of nitrogens with two attached hydrogens (primary N) is 1. The highest BCUT2D eigenvalue weighted by Crippen LogP contribution is 2.05. The van der Waals surface area contributed by atoms with E-state index in [1.54, 1.807) is 11.8 Å². The van der Waals surface area contributed by atoms with Crippen LogP contribution in [0.3, 0.4) is 0 Å². The number of aliphatic hydroxyl groups is 1. The van der Waals surface area contributed by atoms with Crippen molar-refractivity contribution in [3.8, 4) is 0 Å². The highest BCUT2D eigenvalue weighted by atomic mass is 32.2. The largest absolute Gasteiger partial charge is 0.383 e. The van der Waals surface area contributed by atoms with E-state index in [9.17, 15) is 4.79 Å². The van der Waals surface area contributed by atoms with Crippen LogP contribution in [0.4, 0.5) is 0 Å². The van der Waals surface area contributed by atoms with Gasteiger partial charge in [-0.1, -0.05) is 6.92 Å². The second-order valence-corrected chi connectivity index (χ2v) is 3.65. The van der Waals surface area contributed by atoms with Crippen LogP contribution in [0.5, 0.6) is 0 Å². The fourth-order valence-electron chi connectivity index (χ4n) is 0.665. The summed E-state index contributed by atoms with van der Waals surface area (Å²) < 4.78 is 0. The molecule has 1 unspecified atom stereocenters. The Morgan fingerprint density at radius 1 is 1.73 bits per heavy atom. The van der Waals surface area contributed by atoms with Crippen molar-refractivity contribution in [3.63, 3.8) is 0 Å². The minimum absolute atomic E-state index is 0.488. The molecule has 0 heterocycles. The van der Waals surface area contributed by atoms with Crippen molar-refractivity contribution in [1.29, 1.82) is 0 Å². The van der Waals surface area contributed by atoms with Gasteiger partial charge in [0.05, 0.1) is 0 Å². The number of primary amides is 1. The Labute approximate surface area is 71.3 Å². The standard InChI is InChI=1S/C7H15NO2S/c1-2-11-5-3-4-6(9)7(8)10/h6,9H,2-5H2,1H3,(H2,8,10). The first-order valence-corrected chi connectivity index (χ1v) is 4.89. The summed E-state index contributed by atoms with van der Waals surface area (Å²) in [5.74, 6) is 1.44. The molecule has 0 aliphatic carbocycles. The number of rotatable bonds is 6. The summed E-state index contributed by atoms with van der Waals surface area (Å²) in [5.41, 5.74) is 4.85. The molecule has 4 heteroatoms. The SMILES string of the molecule is CCSCCCC(O)C(N)=O. The Hall–Kier alpha value is -0.220. The van der Waals surface area contributed by atoms with Crippen LogP contribution < -0.4 is 5.73 Å². The minimum Gasteiger partial charge on any atom is -0.383 e. The molecule has 0 aromatic rings. The predicted molar refractivity (Wildman–Crippen MR) is 47.4 cm³/mol. The smallest absolute Gasteiger partial charge is 0.246 e. The number of carbonyl (C=O) groups is 1. The summed E-state index contributed by atoms with van der Waals surface area (Å²) >= 11 is 1.80. The number of hydrogen-bond acceptors (Lipinski definition) is 3. The van der Waals surface area contributed by atoms with E-state index >= 15 is 0 Å². The van der Waals surface area contributed by atoms with Crippen LogP contribution in [0.1, 0.15) is 19.8 Å². The second-order valence-electron chi connectivity index (χ2n) is 2.26. The van der Waals surface area contributed by atoms with Crippen molar-refractivity contribution < 1.29 is 9.90 Å². The summed E-state index contributed by atoms with van der Waals surface area (Å²) in [6.45, 7) is 2.08. The van der Waals surface area contributed by atoms with E-state index in [1.165, 1.54) is 0 Å². The van der Waals surface area contributed by atoms with Crippen molar-refractivity contribution in [2.45, 2.75) is 25.9 Å². The number of hydrogen-bond donors (Lipinski definition) is 2. The van der Waals surface area contributed by atoms with Crippen LogP contribution >= 0.6 is 11.8 Å². The third-order valence-corrected chi connectivity index (χ3v) is 2.28. The molecule has 0 spiro atoms. The third-order valence-electron chi connectivity index (χ3n) is 1.30.